The second kappa shape index (κ2) is 9.41. The predicted octanol–water partition coefficient (Wildman–Crippen LogP) is 2.99. The molecule has 1 aromatic carbocycles. The molecule has 2 aliphatic heterocycles. The largest absolute Gasteiger partial charge is 0.493 e. The molecule has 0 aliphatic carbocycles. The first kappa shape index (κ1) is 20.6. The van der Waals surface area contributed by atoms with Crippen LogP contribution in [0.5, 0.6) is 5.75 Å². The van der Waals surface area contributed by atoms with E-state index < -0.39 is 11.9 Å². The molecule has 1 unspecified atom stereocenters. The van der Waals surface area contributed by atoms with Crippen LogP contribution in [0, 0.1) is 17.8 Å². The van der Waals surface area contributed by atoms with Gasteiger partial charge in [0.05, 0.1) is 25.0 Å². The fraction of sp³-hybridized carbons (Fsp3) is 0.636. The van der Waals surface area contributed by atoms with Gasteiger partial charge in [-0.05, 0) is 48.8 Å². The zero-order valence-electron chi connectivity index (χ0n) is 16.8. The minimum atomic E-state index is -0.762. The average molecular weight is 389 g/mol. The van der Waals surface area contributed by atoms with Gasteiger partial charge in [-0.3, -0.25) is 9.59 Å². The molecule has 1 aromatic rings. The Hall–Kier alpha value is -2.08. The van der Waals surface area contributed by atoms with Gasteiger partial charge < -0.3 is 19.5 Å². The molecule has 28 heavy (non-hydrogen) atoms. The van der Waals surface area contributed by atoms with Gasteiger partial charge in [-0.15, -0.1) is 0 Å². The van der Waals surface area contributed by atoms with Crippen LogP contribution in [0.3, 0.4) is 0 Å². The minimum absolute atomic E-state index is 0.122. The van der Waals surface area contributed by atoms with Crippen LogP contribution in [-0.2, 0) is 20.7 Å². The topological polar surface area (TPSA) is 76.1 Å². The number of amides is 1. The Balaban J connectivity index is 1.47. The Bertz CT molecular complexity index is 664. The van der Waals surface area contributed by atoms with E-state index in [9.17, 15) is 14.7 Å². The standard InChI is InChI=1S/C22H31NO5/c1-15(2)14-28-18-5-3-16(4-6-18)13-20(24)23-10-7-17(8-11-23)21-19(22(25)26)9-12-27-21/h3-6,15,17,19,21H,7-14H2,1-2H3,(H,25,26)/t19?,21-/m0/s1. The van der Waals surface area contributed by atoms with Crippen molar-refractivity contribution >= 4 is 11.9 Å². The molecule has 0 bridgehead atoms. The normalized spacial score (nSPS) is 23.2. The van der Waals surface area contributed by atoms with Crippen molar-refractivity contribution in [1.82, 2.24) is 4.90 Å². The molecule has 0 aromatic heterocycles. The van der Waals surface area contributed by atoms with E-state index in [1.165, 1.54) is 0 Å². The molecule has 1 N–H and O–H groups in total. The molecule has 0 saturated carbocycles. The summed E-state index contributed by atoms with van der Waals surface area (Å²) in [7, 11) is 0. The molecule has 2 saturated heterocycles. The van der Waals surface area contributed by atoms with Crippen molar-refractivity contribution in [2.24, 2.45) is 17.8 Å². The second-order valence-electron chi connectivity index (χ2n) is 8.31. The second-order valence-corrected chi connectivity index (χ2v) is 8.31. The highest BCUT2D eigenvalue weighted by atomic mass is 16.5. The van der Waals surface area contributed by atoms with Gasteiger partial charge in [-0.25, -0.2) is 0 Å². The van der Waals surface area contributed by atoms with Crippen molar-refractivity contribution in [1.29, 1.82) is 0 Å². The molecule has 3 rings (SSSR count). The number of carbonyl (C=O) groups excluding carboxylic acids is 1. The molecule has 0 radical (unpaired) electrons. The number of hydrogen-bond acceptors (Lipinski definition) is 4. The summed E-state index contributed by atoms with van der Waals surface area (Å²) >= 11 is 0. The molecule has 2 atom stereocenters. The van der Waals surface area contributed by atoms with Gasteiger partial charge in [0.25, 0.3) is 0 Å². The maximum atomic E-state index is 12.6. The van der Waals surface area contributed by atoms with Gasteiger partial charge in [0.1, 0.15) is 5.75 Å². The SMILES string of the molecule is CC(C)COc1ccc(CC(=O)N2CCC([C@@H]3OCCC3C(=O)O)CC2)cc1. The molecule has 6 heteroatoms. The van der Waals surface area contributed by atoms with Gasteiger partial charge in [-0.1, -0.05) is 26.0 Å². The number of aliphatic carboxylic acids is 1. The van der Waals surface area contributed by atoms with Gasteiger partial charge >= 0.3 is 5.97 Å². The molecule has 154 valence electrons. The Morgan fingerprint density at radius 3 is 2.46 bits per heavy atom. The van der Waals surface area contributed by atoms with E-state index in [1.54, 1.807) is 0 Å². The number of carboxylic acids is 1. The summed E-state index contributed by atoms with van der Waals surface area (Å²) in [4.78, 5) is 25.9. The van der Waals surface area contributed by atoms with Crippen LogP contribution >= 0.6 is 0 Å². The van der Waals surface area contributed by atoms with Gasteiger partial charge in [0, 0.05) is 19.7 Å². The Kier molecular flexibility index (Phi) is 6.94. The predicted molar refractivity (Wildman–Crippen MR) is 105 cm³/mol. The lowest BCUT2D eigenvalue weighted by atomic mass is 9.84. The van der Waals surface area contributed by atoms with Crippen molar-refractivity contribution in [2.75, 3.05) is 26.3 Å². The van der Waals surface area contributed by atoms with Crippen molar-refractivity contribution < 1.29 is 24.2 Å². The number of nitrogens with zero attached hydrogens (tertiary/aromatic N) is 1. The van der Waals surface area contributed by atoms with Crippen molar-refractivity contribution in [3.05, 3.63) is 29.8 Å². The van der Waals surface area contributed by atoms with E-state index >= 15 is 0 Å². The van der Waals surface area contributed by atoms with Crippen molar-refractivity contribution in [2.45, 2.75) is 45.6 Å². The molecule has 2 aliphatic rings. The molecular formula is C22H31NO5. The maximum absolute atomic E-state index is 12.6. The summed E-state index contributed by atoms with van der Waals surface area (Å²) in [5.41, 5.74) is 0.981. The Morgan fingerprint density at radius 2 is 1.86 bits per heavy atom. The fourth-order valence-electron chi connectivity index (χ4n) is 4.07. The molecule has 0 spiro atoms. The van der Waals surface area contributed by atoms with Crippen molar-refractivity contribution in [3.8, 4) is 5.75 Å². The summed E-state index contributed by atoms with van der Waals surface area (Å²) < 4.78 is 11.4. The first-order valence-electron chi connectivity index (χ1n) is 10.3. The Morgan fingerprint density at radius 1 is 1.18 bits per heavy atom. The summed E-state index contributed by atoms with van der Waals surface area (Å²) in [5, 5.41) is 9.35. The van der Waals surface area contributed by atoms with Crippen LogP contribution in [0.15, 0.2) is 24.3 Å². The number of hydrogen-bond donors (Lipinski definition) is 1. The maximum Gasteiger partial charge on any atom is 0.309 e. The summed E-state index contributed by atoms with van der Waals surface area (Å²) in [5.74, 6) is 0.492. The Labute approximate surface area is 166 Å². The molecule has 2 fully saturated rings. The van der Waals surface area contributed by atoms with Crippen LogP contribution in [0.4, 0.5) is 0 Å². The third-order valence-corrected chi connectivity index (χ3v) is 5.67. The van der Waals surface area contributed by atoms with E-state index in [4.69, 9.17) is 9.47 Å². The number of rotatable bonds is 7. The summed E-state index contributed by atoms with van der Waals surface area (Å²) in [6.45, 7) is 6.77. The van der Waals surface area contributed by atoms with Crippen LogP contribution < -0.4 is 4.74 Å². The van der Waals surface area contributed by atoms with E-state index in [0.717, 1.165) is 24.2 Å². The van der Waals surface area contributed by atoms with Crippen molar-refractivity contribution in [3.63, 3.8) is 0 Å². The van der Waals surface area contributed by atoms with Gasteiger partial charge in [-0.2, -0.15) is 0 Å². The van der Waals surface area contributed by atoms with E-state index in [-0.39, 0.29) is 17.9 Å². The minimum Gasteiger partial charge on any atom is -0.493 e. The van der Waals surface area contributed by atoms with E-state index in [0.29, 0.717) is 45.1 Å². The van der Waals surface area contributed by atoms with E-state index in [1.807, 2.05) is 29.2 Å². The molecule has 1 amide bonds. The van der Waals surface area contributed by atoms with Crippen LogP contribution in [0.25, 0.3) is 0 Å². The van der Waals surface area contributed by atoms with Crippen LogP contribution in [-0.4, -0.2) is 54.3 Å². The number of carboxylic acid groups (broad SMARTS) is 1. The summed E-state index contributed by atoms with van der Waals surface area (Å²) in [6.07, 6.45) is 2.39. The van der Waals surface area contributed by atoms with Crippen LogP contribution in [0.1, 0.15) is 38.7 Å². The number of carbonyl (C=O) groups is 2. The lowest BCUT2D eigenvalue weighted by molar-refractivity contribution is -0.145. The summed E-state index contributed by atoms with van der Waals surface area (Å²) in [6, 6.07) is 7.73. The monoisotopic (exact) mass is 389 g/mol. The quantitative estimate of drug-likeness (QED) is 0.776. The molecule has 6 nitrogen and oxygen atoms in total. The van der Waals surface area contributed by atoms with Crippen LogP contribution in [0.2, 0.25) is 0 Å². The zero-order chi connectivity index (χ0) is 20.1. The smallest absolute Gasteiger partial charge is 0.309 e. The highest BCUT2D eigenvalue weighted by molar-refractivity contribution is 5.79. The lowest BCUT2D eigenvalue weighted by Crippen LogP contribution is -2.43. The molecule has 2 heterocycles. The number of piperidine rings is 1. The lowest BCUT2D eigenvalue weighted by Gasteiger charge is -2.35. The zero-order valence-corrected chi connectivity index (χ0v) is 16.8. The number of ether oxygens (including phenoxy) is 2. The third-order valence-electron chi connectivity index (χ3n) is 5.67. The first-order chi connectivity index (χ1) is 13.4. The fourth-order valence-corrected chi connectivity index (χ4v) is 4.07. The number of benzene rings is 1. The van der Waals surface area contributed by atoms with E-state index in [2.05, 4.69) is 13.8 Å². The van der Waals surface area contributed by atoms with Gasteiger partial charge in [0.15, 0.2) is 0 Å². The first-order valence-corrected chi connectivity index (χ1v) is 10.3. The number of likely N-dealkylation sites (tertiary alicyclic amines) is 1. The molecular weight excluding hydrogens is 358 g/mol. The average Bonchev–Trinajstić information content (AvgIpc) is 3.18. The van der Waals surface area contributed by atoms with Gasteiger partial charge in [0.2, 0.25) is 5.91 Å². The third kappa shape index (κ3) is 5.25. The highest BCUT2D eigenvalue weighted by Gasteiger charge is 2.40. The highest BCUT2D eigenvalue weighted by Crippen LogP contribution is 2.33.